The molecule has 0 saturated carbocycles. The summed E-state index contributed by atoms with van der Waals surface area (Å²) >= 11 is 0. The third-order valence-corrected chi connectivity index (χ3v) is 6.26. The SMILES string of the molecule is CCCC[C@H](NC(=O)OCc1ccccc1)C(=O)N[C@@H](CC1CCNC1=O)C(O)S(=O)(=O)[O-].[Na+]. The maximum Gasteiger partial charge on any atom is 1.00 e. The average molecular weight is 508 g/mol. The van der Waals surface area contributed by atoms with Crippen molar-refractivity contribution in [2.24, 2.45) is 5.92 Å². The molecular formula is C21H30N3NaO8S. The zero-order chi connectivity index (χ0) is 24.4. The Morgan fingerprint density at radius 2 is 1.94 bits per heavy atom. The molecule has 1 fully saturated rings. The molecule has 1 aromatic carbocycles. The van der Waals surface area contributed by atoms with Gasteiger partial charge in [0.1, 0.15) is 22.8 Å². The van der Waals surface area contributed by atoms with Gasteiger partial charge >= 0.3 is 35.7 Å². The van der Waals surface area contributed by atoms with Gasteiger partial charge in [0.05, 0.1) is 6.04 Å². The molecule has 1 aliphatic rings. The minimum atomic E-state index is -5.16. The molecule has 0 aromatic heterocycles. The van der Waals surface area contributed by atoms with Crippen molar-refractivity contribution in [3.05, 3.63) is 35.9 Å². The Kier molecular flexibility index (Phi) is 13.1. The summed E-state index contributed by atoms with van der Waals surface area (Å²) in [4.78, 5) is 37.0. The number of aliphatic hydroxyl groups excluding tert-OH is 1. The number of hydrogen-bond donors (Lipinski definition) is 4. The van der Waals surface area contributed by atoms with Crippen LogP contribution in [0.25, 0.3) is 0 Å². The Morgan fingerprint density at radius 3 is 2.50 bits per heavy atom. The van der Waals surface area contributed by atoms with Crippen molar-refractivity contribution in [3.8, 4) is 0 Å². The van der Waals surface area contributed by atoms with Gasteiger partial charge in [-0.25, -0.2) is 13.2 Å². The van der Waals surface area contributed by atoms with E-state index in [0.29, 0.717) is 25.8 Å². The number of alkyl carbamates (subject to hydrolysis) is 1. The summed E-state index contributed by atoms with van der Waals surface area (Å²) < 4.78 is 39.3. The first-order valence-corrected chi connectivity index (χ1v) is 12.3. The van der Waals surface area contributed by atoms with Gasteiger partial charge in [-0.05, 0) is 24.8 Å². The maximum atomic E-state index is 12.9. The predicted molar refractivity (Wildman–Crippen MR) is 116 cm³/mol. The molecule has 0 spiro atoms. The molecular weight excluding hydrogens is 477 g/mol. The van der Waals surface area contributed by atoms with E-state index in [4.69, 9.17) is 4.74 Å². The van der Waals surface area contributed by atoms with Crippen LogP contribution in [0.2, 0.25) is 0 Å². The van der Waals surface area contributed by atoms with Crippen LogP contribution >= 0.6 is 0 Å². The molecule has 0 radical (unpaired) electrons. The summed E-state index contributed by atoms with van der Waals surface area (Å²) in [6.45, 7) is 2.25. The second kappa shape index (κ2) is 14.6. The monoisotopic (exact) mass is 507 g/mol. The van der Waals surface area contributed by atoms with Crippen molar-refractivity contribution in [2.45, 2.75) is 63.2 Å². The number of carbonyl (C=O) groups excluding carboxylic acids is 3. The van der Waals surface area contributed by atoms with E-state index in [0.717, 1.165) is 5.56 Å². The Labute approximate surface area is 221 Å². The molecule has 4 atom stereocenters. The van der Waals surface area contributed by atoms with Gasteiger partial charge in [0.15, 0.2) is 5.44 Å². The van der Waals surface area contributed by atoms with Gasteiger partial charge in [0.2, 0.25) is 11.8 Å². The van der Waals surface area contributed by atoms with Crippen molar-refractivity contribution in [2.75, 3.05) is 6.54 Å². The van der Waals surface area contributed by atoms with Crippen molar-refractivity contribution >= 4 is 28.0 Å². The fourth-order valence-electron chi connectivity index (χ4n) is 3.49. The fraction of sp³-hybridized carbons (Fsp3) is 0.571. The number of aliphatic hydroxyl groups is 1. The van der Waals surface area contributed by atoms with Gasteiger partial charge in [-0.3, -0.25) is 9.59 Å². The Morgan fingerprint density at radius 1 is 1.26 bits per heavy atom. The second-order valence-electron chi connectivity index (χ2n) is 7.91. The van der Waals surface area contributed by atoms with E-state index in [1.165, 1.54) is 0 Å². The van der Waals surface area contributed by atoms with Crippen LogP contribution in [0.15, 0.2) is 30.3 Å². The molecule has 13 heteroatoms. The topological polar surface area (TPSA) is 174 Å². The number of benzene rings is 1. The minimum Gasteiger partial charge on any atom is -0.746 e. The summed E-state index contributed by atoms with van der Waals surface area (Å²) in [5.41, 5.74) is -1.69. The Hall–Kier alpha value is -1.70. The predicted octanol–water partition coefficient (Wildman–Crippen LogP) is -2.65. The van der Waals surface area contributed by atoms with Gasteiger partial charge in [0.25, 0.3) is 0 Å². The fourth-order valence-corrected chi connectivity index (χ4v) is 4.07. The molecule has 184 valence electrons. The summed E-state index contributed by atoms with van der Waals surface area (Å²) in [6.07, 6.45) is 0.792. The van der Waals surface area contributed by atoms with Crippen LogP contribution < -0.4 is 45.5 Å². The number of ether oxygens (including phenoxy) is 1. The van der Waals surface area contributed by atoms with Gasteiger partial charge in [-0.2, -0.15) is 0 Å². The number of hydrogen-bond acceptors (Lipinski definition) is 8. The molecule has 0 aliphatic carbocycles. The van der Waals surface area contributed by atoms with Gasteiger partial charge in [-0.15, -0.1) is 0 Å². The van der Waals surface area contributed by atoms with E-state index in [1.807, 2.05) is 13.0 Å². The molecule has 11 nitrogen and oxygen atoms in total. The Balaban J connectivity index is 0.00000578. The number of amides is 3. The molecule has 1 heterocycles. The molecule has 34 heavy (non-hydrogen) atoms. The third-order valence-electron chi connectivity index (χ3n) is 5.34. The first-order chi connectivity index (χ1) is 15.6. The minimum absolute atomic E-state index is 0. The number of nitrogens with one attached hydrogen (secondary N) is 3. The van der Waals surface area contributed by atoms with Gasteiger partial charge < -0.3 is 30.3 Å². The molecule has 1 aliphatic heterocycles. The normalized spacial score (nSPS) is 18.1. The first-order valence-electron chi connectivity index (χ1n) is 10.8. The molecule has 4 N–H and O–H groups in total. The van der Waals surface area contributed by atoms with E-state index in [-0.39, 0.29) is 54.9 Å². The summed E-state index contributed by atoms with van der Waals surface area (Å²) in [5.74, 6) is -1.80. The Bertz CT molecular complexity index is 916. The van der Waals surface area contributed by atoms with Crippen LogP contribution in [-0.4, -0.2) is 60.0 Å². The van der Waals surface area contributed by atoms with Gasteiger partial charge in [-0.1, -0.05) is 50.1 Å². The van der Waals surface area contributed by atoms with Crippen LogP contribution in [0, 0.1) is 5.92 Å². The molecule has 2 rings (SSSR count). The van der Waals surface area contributed by atoms with Gasteiger partial charge in [0, 0.05) is 12.5 Å². The number of carbonyl (C=O) groups is 3. The zero-order valence-electron chi connectivity index (χ0n) is 19.4. The standard InChI is InChI=1S/C21H31N3O8S.Na/c1-2-3-9-16(24-21(28)32-13-14-7-5-4-6-8-14)19(26)23-17(20(27)33(29,30)31)12-15-10-11-22-18(15)25;/h4-8,15-17,20,27H,2-3,9-13H2,1H3,(H,22,25)(H,23,26)(H,24,28)(H,29,30,31);/q;+1/p-1/t15?,16-,17-,20?;/m0./s1. The zero-order valence-corrected chi connectivity index (χ0v) is 22.2. The van der Waals surface area contributed by atoms with Crippen molar-refractivity contribution in [1.29, 1.82) is 0 Å². The largest absolute Gasteiger partial charge is 1.00 e. The second-order valence-corrected chi connectivity index (χ2v) is 9.38. The van der Waals surface area contributed by atoms with Crippen molar-refractivity contribution < 1.29 is 66.8 Å². The van der Waals surface area contributed by atoms with E-state index in [1.54, 1.807) is 24.3 Å². The molecule has 2 unspecified atom stereocenters. The van der Waals surface area contributed by atoms with Crippen molar-refractivity contribution in [1.82, 2.24) is 16.0 Å². The summed E-state index contributed by atoms with van der Waals surface area (Å²) in [7, 11) is -5.16. The molecule has 0 bridgehead atoms. The average Bonchev–Trinajstić information content (AvgIpc) is 3.18. The molecule has 1 saturated heterocycles. The summed E-state index contributed by atoms with van der Waals surface area (Å²) in [6, 6.07) is 6.32. The molecule has 3 amide bonds. The number of unbranched alkanes of at least 4 members (excludes halogenated alkanes) is 1. The van der Waals surface area contributed by atoms with Crippen molar-refractivity contribution in [3.63, 3.8) is 0 Å². The number of rotatable bonds is 12. The van der Waals surface area contributed by atoms with E-state index in [2.05, 4.69) is 16.0 Å². The third kappa shape index (κ3) is 9.88. The van der Waals surface area contributed by atoms with E-state index >= 15 is 0 Å². The van der Waals surface area contributed by atoms with Crippen LogP contribution in [0.4, 0.5) is 4.79 Å². The van der Waals surface area contributed by atoms with E-state index in [9.17, 15) is 32.5 Å². The maximum absolute atomic E-state index is 12.9. The van der Waals surface area contributed by atoms with Crippen LogP contribution in [0.3, 0.4) is 0 Å². The quantitative estimate of drug-likeness (QED) is 0.175. The smallest absolute Gasteiger partial charge is 0.746 e. The van der Waals surface area contributed by atoms with Crippen LogP contribution in [0.1, 0.15) is 44.6 Å². The van der Waals surface area contributed by atoms with E-state index < -0.39 is 45.6 Å². The van der Waals surface area contributed by atoms with Crippen LogP contribution in [0.5, 0.6) is 0 Å². The first kappa shape index (κ1) is 30.3. The van der Waals surface area contributed by atoms with Crippen LogP contribution in [-0.2, 0) is 31.1 Å². The summed E-state index contributed by atoms with van der Waals surface area (Å²) in [5, 5.41) is 17.4. The molecule has 1 aromatic rings.